The average molecular weight is 424 g/mol. The van der Waals surface area contributed by atoms with Gasteiger partial charge in [0.2, 0.25) is 4.80 Å². The number of para-hydroxylation sites is 1. The molecule has 6 nitrogen and oxygen atoms in total. The van der Waals surface area contributed by atoms with Crippen molar-refractivity contribution in [1.29, 1.82) is 0 Å². The van der Waals surface area contributed by atoms with Gasteiger partial charge in [-0.1, -0.05) is 36.4 Å². The standard InChI is InChI=1S/C23H25N3O3S/c1-27-21-12-6-10-18(22(21)28-2)14-25-26-20(17-8-4-3-5-9-17)16-30-23(26)24-15-19-11-7-13-29-19/h3-6,8-10,12,14,16,19H,7,11,13,15H2,1-2H3/b24-23?,25-14-/t19-/m1/s1. The van der Waals surface area contributed by atoms with Gasteiger partial charge in [-0.15, -0.1) is 11.3 Å². The predicted molar refractivity (Wildman–Crippen MR) is 120 cm³/mol. The molecule has 156 valence electrons. The van der Waals surface area contributed by atoms with E-state index in [-0.39, 0.29) is 6.10 Å². The number of ether oxygens (including phenoxy) is 3. The fourth-order valence-corrected chi connectivity index (χ4v) is 4.28. The summed E-state index contributed by atoms with van der Waals surface area (Å²) in [6.45, 7) is 1.47. The van der Waals surface area contributed by atoms with Crippen molar-refractivity contribution in [2.75, 3.05) is 27.4 Å². The van der Waals surface area contributed by atoms with Crippen molar-refractivity contribution in [3.63, 3.8) is 0 Å². The van der Waals surface area contributed by atoms with Gasteiger partial charge in [-0.2, -0.15) is 5.10 Å². The molecule has 1 fully saturated rings. The lowest BCUT2D eigenvalue weighted by Gasteiger charge is -2.10. The maximum absolute atomic E-state index is 5.72. The number of hydrogen-bond acceptors (Lipinski definition) is 6. The van der Waals surface area contributed by atoms with E-state index in [1.54, 1.807) is 31.8 Å². The molecule has 1 aliphatic rings. The minimum atomic E-state index is 0.197. The largest absolute Gasteiger partial charge is 0.493 e. The number of methoxy groups -OCH3 is 2. The maximum atomic E-state index is 5.72. The zero-order chi connectivity index (χ0) is 20.8. The second-order valence-corrected chi connectivity index (χ2v) is 7.72. The Morgan fingerprint density at radius 1 is 1.13 bits per heavy atom. The summed E-state index contributed by atoms with van der Waals surface area (Å²) >= 11 is 1.58. The predicted octanol–water partition coefficient (Wildman–Crippen LogP) is 4.20. The number of benzene rings is 2. The van der Waals surface area contributed by atoms with Crippen LogP contribution in [0.15, 0.2) is 64.0 Å². The molecule has 30 heavy (non-hydrogen) atoms. The summed E-state index contributed by atoms with van der Waals surface area (Å²) in [5.41, 5.74) is 2.91. The van der Waals surface area contributed by atoms with Crippen LogP contribution in [0, 0.1) is 0 Å². The van der Waals surface area contributed by atoms with Crippen LogP contribution in [0.3, 0.4) is 0 Å². The summed E-state index contributed by atoms with van der Waals surface area (Å²) in [6.07, 6.45) is 4.15. The summed E-state index contributed by atoms with van der Waals surface area (Å²) in [5, 5.41) is 6.86. The number of thiazole rings is 1. The number of rotatable bonds is 7. The average Bonchev–Trinajstić information content (AvgIpc) is 3.46. The fraction of sp³-hybridized carbons (Fsp3) is 0.304. The highest BCUT2D eigenvalue weighted by Gasteiger charge is 2.15. The van der Waals surface area contributed by atoms with Gasteiger partial charge in [0.05, 0.1) is 38.8 Å². The van der Waals surface area contributed by atoms with Crippen LogP contribution >= 0.6 is 11.3 Å². The Bertz CT molecular complexity index is 1070. The van der Waals surface area contributed by atoms with E-state index in [1.165, 1.54) is 0 Å². The first-order chi connectivity index (χ1) is 14.8. The van der Waals surface area contributed by atoms with Crippen molar-refractivity contribution in [2.24, 2.45) is 10.1 Å². The van der Waals surface area contributed by atoms with E-state index >= 15 is 0 Å². The van der Waals surface area contributed by atoms with Gasteiger partial charge < -0.3 is 14.2 Å². The Labute approximate surface area is 180 Å². The molecule has 3 aromatic rings. The van der Waals surface area contributed by atoms with Crippen LogP contribution < -0.4 is 14.3 Å². The van der Waals surface area contributed by atoms with Crippen molar-refractivity contribution in [3.05, 3.63) is 64.3 Å². The quantitative estimate of drug-likeness (QED) is 0.535. The van der Waals surface area contributed by atoms with Gasteiger partial charge in [0, 0.05) is 23.1 Å². The van der Waals surface area contributed by atoms with Crippen LogP contribution in [0.2, 0.25) is 0 Å². The molecule has 2 aromatic carbocycles. The normalized spacial score (nSPS) is 17.0. The first-order valence-corrected chi connectivity index (χ1v) is 10.8. The van der Waals surface area contributed by atoms with Crippen molar-refractivity contribution in [3.8, 4) is 22.8 Å². The molecular weight excluding hydrogens is 398 g/mol. The highest BCUT2D eigenvalue weighted by molar-refractivity contribution is 7.07. The third kappa shape index (κ3) is 4.47. The summed E-state index contributed by atoms with van der Waals surface area (Å²) in [7, 11) is 3.26. The smallest absolute Gasteiger partial charge is 0.206 e. The van der Waals surface area contributed by atoms with E-state index < -0.39 is 0 Å². The zero-order valence-corrected chi connectivity index (χ0v) is 18.0. The molecule has 0 spiro atoms. The number of aromatic nitrogens is 1. The van der Waals surface area contributed by atoms with Gasteiger partial charge >= 0.3 is 0 Å². The molecule has 1 aromatic heterocycles. The lowest BCUT2D eigenvalue weighted by molar-refractivity contribution is 0.117. The summed E-state index contributed by atoms with van der Waals surface area (Å²) in [5.74, 6) is 1.32. The zero-order valence-electron chi connectivity index (χ0n) is 17.2. The second-order valence-electron chi connectivity index (χ2n) is 6.88. The van der Waals surface area contributed by atoms with E-state index in [0.29, 0.717) is 18.0 Å². The molecule has 1 aliphatic heterocycles. The minimum absolute atomic E-state index is 0.197. The lowest BCUT2D eigenvalue weighted by Crippen LogP contribution is -2.17. The van der Waals surface area contributed by atoms with Crippen LogP contribution in [0.25, 0.3) is 11.3 Å². The Kier molecular flexibility index (Phi) is 6.61. The monoisotopic (exact) mass is 423 g/mol. The lowest BCUT2D eigenvalue weighted by atomic mass is 10.2. The van der Waals surface area contributed by atoms with Crippen molar-refractivity contribution in [2.45, 2.75) is 18.9 Å². The molecule has 0 saturated carbocycles. The molecular formula is C23H25N3O3S. The van der Waals surface area contributed by atoms with Crippen molar-refractivity contribution in [1.82, 2.24) is 4.68 Å². The number of hydrogen-bond donors (Lipinski definition) is 0. The van der Waals surface area contributed by atoms with Crippen molar-refractivity contribution >= 4 is 17.6 Å². The van der Waals surface area contributed by atoms with Gasteiger partial charge in [-0.3, -0.25) is 4.99 Å². The molecule has 1 atom stereocenters. The Morgan fingerprint density at radius 3 is 2.73 bits per heavy atom. The molecule has 7 heteroatoms. The van der Waals surface area contributed by atoms with Gasteiger partial charge in [-0.25, -0.2) is 4.68 Å². The van der Waals surface area contributed by atoms with E-state index in [4.69, 9.17) is 24.3 Å². The minimum Gasteiger partial charge on any atom is -0.493 e. The van der Waals surface area contributed by atoms with Crippen LogP contribution in [0.1, 0.15) is 18.4 Å². The van der Waals surface area contributed by atoms with E-state index in [0.717, 1.165) is 41.1 Å². The second kappa shape index (κ2) is 9.73. The third-order valence-electron chi connectivity index (χ3n) is 4.95. The molecule has 2 heterocycles. The summed E-state index contributed by atoms with van der Waals surface area (Å²) < 4.78 is 18.5. The summed E-state index contributed by atoms with van der Waals surface area (Å²) in [6, 6.07) is 15.9. The highest BCUT2D eigenvalue weighted by atomic mass is 32.1. The fourth-order valence-electron chi connectivity index (χ4n) is 3.43. The van der Waals surface area contributed by atoms with Crippen LogP contribution in [0.4, 0.5) is 0 Å². The van der Waals surface area contributed by atoms with Gasteiger partial charge in [-0.05, 0) is 25.0 Å². The highest BCUT2D eigenvalue weighted by Crippen LogP contribution is 2.29. The van der Waals surface area contributed by atoms with Gasteiger partial charge in [0.15, 0.2) is 11.5 Å². The Morgan fingerprint density at radius 2 is 2.00 bits per heavy atom. The first kappa shape index (κ1) is 20.4. The molecule has 0 amide bonds. The van der Waals surface area contributed by atoms with E-state index in [1.807, 2.05) is 41.1 Å². The molecule has 4 rings (SSSR count). The topological polar surface area (TPSA) is 57.3 Å². The number of nitrogens with zero attached hydrogens (tertiary/aromatic N) is 3. The van der Waals surface area contributed by atoms with E-state index in [2.05, 4.69) is 17.5 Å². The maximum Gasteiger partial charge on any atom is 0.206 e. The molecule has 0 N–H and O–H groups in total. The Hall–Kier alpha value is -2.90. The third-order valence-corrected chi connectivity index (χ3v) is 5.81. The molecule has 0 bridgehead atoms. The molecule has 1 saturated heterocycles. The summed E-state index contributed by atoms with van der Waals surface area (Å²) in [4.78, 5) is 5.65. The van der Waals surface area contributed by atoms with Crippen LogP contribution in [0.5, 0.6) is 11.5 Å². The molecule has 0 aliphatic carbocycles. The SMILES string of the molecule is COc1cccc(/C=N\n2c(-c3ccccc3)csc2=NC[C@H]2CCCO2)c1OC. The van der Waals surface area contributed by atoms with Crippen molar-refractivity contribution < 1.29 is 14.2 Å². The molecule has 0 unspecified atom stereocenters. The van der Waals surface area contributed by atoms with E-state index in [9.17, 15) is 0 Å². The van der Waals surface area contributed by atoms with Crippen LogP contribution in [-0.2, 0) is 4.74 Å². The first-order valence-electron chi connectivity index (χ1n) is 9.93. The van der Waals surface area contributed by atoms with Gasteiger partial charge in [0.1, 0.15) is 0 Å². The Balaban J connectivity index is 1.74. The van der Waals surface area contributed by atoms with Crippen LogP contribution in [-0.4, -0.2) is 44.4 Å². The molecule has 0 radical (unpaired) electrons. The van der Waals surface area contributed by atoms with Gasteiger partial charge in [0.25, 0.3) is 0 Å².